The molecule has 1 aromatic heterocycles. The molecule has 90 valence electrons. The van der Waals surface area contributed by atoms with Crippen molar-refractivity contribution in [3.05, 3.63) is 30.1 Å². The molecule has 0 aliphatic carbocycles. The molecular formula is C12H16N4O. The van der Waals surface area contributed by atoms with Crippen LogP contribution in [-0.4, -0.2) is 53.0 Å². The topological polar surface area (TPSA) is 48.5 Å². The van der Waals surface area contributed by atoms with Gasteiger partial charge in [0.1, 0.15) is 0 Å². The molecule has 2 amide bonds. The number of nitrogens with zero attached hydrogens (tertiary/aromatic N) is 3. The van der Waals surface area contributed by atoms with E-state index >= 15 is 0 Å². The molecular weight excluding hydrogens is 216 g/mol. The molecule has 2 aliphatic heterocycles. The lowest BCUT2D eigenvalue weighted by Crippen LogP contribution is -2.49. The molecule has 0 spiro atoms. The summed E-state index contributed by atoms with van der Waals surface area (Å²) in [4.78, 5) is 20.0. The number of aromatic nitrogens is 1. The number of nitrogens with one attached hydrogen (secondary N) is 1. The Hall–Kier alpha value is -1.62. The van der Waals surface area contributed by atoms with E-state index in [1.807, 2.05) is 21.9 Å². The van der Waals surface area contributed by atoms with Crippen LogP contribution in [-0.2, 0) is 6.54 Å². The Morgan fingerprint density at radius 3 is 3.00 bits per heavy atom. The summed E-state index contributed by atoms with van der Waals surface area (Å²) in [7, 11) is 0. The first-order valence-electron chi connectivity index (χ1n) is 6.00. The fourth-order valence-corrected chi connectivity index (χ4v) is 2.53. The van der Waals surface area contributed by atoms with Gasteiger partial charge in [0.05, 0.1) is 6.04 Å². The zero-order chi connectivity index (χ0) is 11.7. The number of carbonyl (C=O) groups excluding carboxylic acids is 1. The van der Waals surface area contributed by atoms with Crippen LogP contribution in [0.3, 0.4) is 0 Å². The smallest absolute Gasteiger partial charge is 0.318 e. The number of pyridine rings is 1. The first-order chi connectivity index (χ1) is 8.34. The van der Waals surface area contributed by atoms with Gasteiger partial charge in [-0.2, -0.15) is 0 Å². The van der Waals surface area contributed by atoms with E-state index in [-0.39, 0.29) is 6.03 Å². The van der Waals surface area contributed by atoms with E-state index in [9.17, 15) is 4.79 Å². The summed E-state index contributed by atoms with van der Waals surface area (Å²) in [5, 5.41) is 3.33. The van der Waals surface area contributed by atoms with Crippen molar-refractivity contribution in [2.24, 2.45) is 0 Å². The largest absolute Gasteiger partial charge is 0.320 e. The van der Waals surface area contributed by atoms with Crippen molar-refractivity contribution >= 4 is 6.03 Å². The lowest BCUT2D eigenvalue weighted by atomic mass is 10.2. The second kappa shape index (κ2) is 4.33. The summed E-state index contributed by atoms with van der Waals surface area (Å²) in [6.45, 7) is 4.17. The third kappa shape index (κ3) is 1.98. The third-order valence-corrected chi connectivity index (χ3v) is 3.42. The van der Waals surface area contributed by atoms with Crippen LogP contribution in [0, 0.1) is 0 Å². The maximum absolute atomic E-state index is 12.2. The van der Waals surface area contributed by atoms with Crippen LogP contribution in [0.5, 0.6) is 0 Å². The Balaban J connectivity index is 1.71. The van der Waals surface area contributed by atoms with E-state index in [0.29, 0.717) is 12.6 Å². The van der Waals surface area contributed by atoms with E-state index in [2.05, 4.69) is 10.3 Å². The van der Waals surface area contributed by atoms with Gasteiger partial charge in [-0.3, -0.25) is 4.98 Å². The molecule has 5 nitrogen and oxygen atoms in total. The summed E-state index contributed by atoms with van der Waals surface area (Å²) in [5.74, 6) is 0. The average Bonchev–Trinajstić information content (AvgIpc) is 2.68. The first kappa shape index (κ1) is 10.5. The van der Waals surface area contributed by atoms with Crippen molar-refractivity contribution in [1.82, 2.24) is 20.1 Å². The maximum Gasteiger partial charge on any atom is 0.320 e. The Bertz CT molecular complexity index is 408. The zero-order valence-electron chi connectivity index (χ0n) is 9.67. The van der Waals surface area contributed by atoms with Crippen LogP contribution in [0.4, 0.5) is 4.79 Å². The maximum atomic E-state index is 12.2. The van der Waals surface area contributed by atoms with Crippen LogP contribution in [0.25, 0.3) is 0 Å². The predicted molar refractivity (Wildman–Crippen MR) is 63.4 cm³/mol. The molecule has 5 heteroatoms. The Morgan fingerprint density at radius 2 is 2.24 bits per heavy atom. The molecule has 2 fully saturated rings. The van der Waals surface area contributed by atoms with Gasteiger partial charge in [-0.15, -0.1) is 0 Å². The second-order valence-corrected chi connectivity index (χ2v) is 4.57. The van der Waals surface area contributed by atoms with Crippen molar-refractivity contribution in [3.63, 3.8) is 0 Å². The highest BCUT2D eigenvalue weighted by atomic mass is 16.2. The summed E-state index contributed by atoms with van der Waals surface area (Å²) >= 11 is 0. The number of hydrogen-bond donors (Lipinski definition) is 1. The monoisotopic (exact) mass is 232 g/mol. The molecule has 1 unspecified atom stereocenters. The normalized spacial score (nSPS) is 24.0. The minimum Gasteiger partial charge on any atom is -0.318 e. The molecule has 1 atom stereocenters. The number of hydrogen-bond acceptors (Lipinski definition) is 3. The highest BCUT2D eigenvalue weighted by Gasteiger charge is 2.38. The van der Waals surface area contributed by atoms with Gasteiger partial charge >= 0.3 is 6.03 Å². The molecule has 3 heterocycles. The van der Waals surface area contributed by atoms with Crippen LogP contribution in [0.1, 0.15) is 5.56 Å². The van der Waals surface area contributed by atoms with Gasteiger partial charge in [-0.25, -0.2) is 4.79 Å². The number of rotatable bonds is 2. The lowest BCUT2D eigenvalue weighted by molar-refractivity contribution is 0.178. The molecule has 1 aromatic rings. The fraction of sp³-hybridized carbons (Fsp3) is 0.500. The quantitative estimate of drug-likeness (QED) is 0.797. The molecule has 0 bridgehead atoms. The first-order valence-corrected chi connectivity index (χ1v) is 6.00. The summed E-state index contributed by atoms with van der Waals surface area (Å²) in [6.07, 6.45) is 3.54. The predicted octanol–water partition coefficient (Wildman–Crippen LogP) is 0.291. The van der Waals surface area contributed by atoms with Gasteiger partial charge < -0.3 is 15.1 Å². The molecule has 1 N–H and O–H groups in total. The van der Waals surface area contributed by atoms with Crippen molar-refractivity contribution in [1.29, 1.82) is 0 Å². The lowest BCUT2D eigenvalue weighted by Gasteiger charge is -2.28. The number of amides is 2. The van der Waals surface area contributed by atoms with Gasteiger partial charge in [0.15, 0.2) is 0 Å². The molecule has 17 heavy (non-hydrogen) atoms. The highest BCUT2D eigenvalue weighted by Crippen LogP contribution is 2.19. The Kier molecular flexibility index (Phi) is 2.68. The SMILES string of the molecule is O=C1N(Cc2ccncc2)CC2CNCCN12. The van der Waals surface area contributed by atoms with Gasteiger partial charge in [0.2, 0.25) is 0 Å². The van der Waals surface area contributed by atoms with Crippen LogP contribution < -0.4 is 5.32 Å². The van der Waals surface area contributed by atoms with Crippen LogP contribution in [0.15, 0.2) is 24.5 Å². The van der Waals surface area contributed by atoms with E-state index in [0.717, 1.165) is 31.7 Å². The standard InChI is InChI=1S/C12H16N4O/c17-12-15(8-10-1-3-13-4-2-10)9-11-7-14-5-6-16(11)12/h1-4,11,14H,5-9H2. The molecule has 0 aromatic carbocycles. The van der Waals surface area contributed by atoms with Crippen LogP contribution in [0.2, 0.25) is 0 Å². The molecule has 2 aliphatic rings. The van der Waals surface area contributed by atoms with Crippen molar-refractivity contribution in [2.75, 3.05) is 26.2 Å². The van der Waals surface area contributed by atoms with E-state index in [1.165, 1.54) is 0 Å². The van der Waals surface area contributed by atoms with Crippen molar-refractivity contribution in [2.45, 2.75) is 12.6 Å². The number of urea groups is 1. The van der Waals surface area contributed by atoms with Gasteiger partial charge in [0, 0.05) is 45.1 Å². The fourth-order valence-electron chi connectivity index (χ4n) is 2.53. The van der Waals surface area contributed by atoms with E-state index in [1.54, 1.807) is 12.4 Å². The number of piperazine rings is 1. The molecule has 0 saturated carbocycles. The van der Waals surface area contributed by atoms with Gasteiger partial charge in [-0.1, -0.05) is 0 Å². The zero-order valence-corrected chi connectivity index (χ0v) is 9.67. The molecule has 2 saturated heterocycles. The van der Waals surface area contributed by atoms with Gasteiger partial charge in [0.25, 0.3) is 0 Å². The summed E-state index contributed by atoms with van der Waals surface area (Å²) < 4.78 is 0. The van der Waals surface area contributed by atoms with Crippen molar-refractivity contribution in [3.8, 4) is 0 Å². The number of carbonyl (C=O) groups is 1. The average molecular weight is 232 g/mol. The third-order valence-electron chi connectivity index (χ3n) is 3.42. The molecule has 0 radical (unpaired) electrons. The van der Waals surface area contributed by atoms with Gasteiger partial charge in [-0.05, 0) is 17.7 Å². The number of fused-ring (bicyclic) bond motifs is 1. The van der Waals surface area contributed by atoms with E-state index < -0.39 is 0 Å². The minimum absolute atomic E-state index is 0.174. The Morgan fingerprint density at radius 1 is 1.41 bits per heavy atom. The summed E-state index contributed by atoms with van der Waals surface area (Å²) in [5.41, 5.74) is 1.14. The highest BCUT2D eigenvalue weighted by molar-refractivity contribution is 5.77. The minimum atomic E-state index is 0.174. The van der Waals surface area contributed by atoms with Crippen molar-refractivity contribution < 1.29 is 4.79 Å². The Labute approximate surface area is 100 Å². The second-order valence-electron chi connectivity index (χ2n) is 4.57. The summed E-state index contributed by atoms with van der Waals surface area (Å²) in [6, 6.07) is 4.44. The van der Waals surface area contributed by atoms with E-state index in [4.69, 9.17) is 0 Å². The molecule has 3 rings (SSSR count). The van der Waals surface area contributed by atoms with Crippen LogP contribution >= 0.6 is 0 Å².